The number of hydrogen-bond donors (Lipinski definition) is 1. The highest BCUT2D eigenvalue weighted by Gasteiger charge is 2.21. The van der Waals surface area contributed by atoms with Gasteiger partial charge in [-0.15, -0.1) is 0 Å². The number of rotatable bonds is 9. The number of aryl methyl sites for hydroxylation is 1. The Morgan fingerprint density at radius 1 is 1.14 bits per heavy atom. The van der Waals surface area contributed by atoms with E-state index in [2.05, 4.69) is 6.92 Å². The summed E-state index contributed by atoms with van der Waals surface area (Å²) in [6, 6.07) is 7.91. The third-order valence-corrected chi connectivity index (χ3v) is 3.71. The van der Waals surface area contributed by atoms with Crippen molar-refractivity contribution in [2.24, 2.45) is 5.92 Å². The van der Waals surface area contributed by atoms with Crippen LogP contribution in [0.4, 0.5) is 5.69 Å². The van der Waals surface area contributed by atoms with Gasteiger partial charge in [0.15, 0.2) is 0 Å². The average molecular weight is 305 g/mol. The van der Waals surface area contributed by atoms with Crippen LogP contribution in [0.2, 0.25) is 0 Å². The topological polar surface area (TPSA) is 57.6 Å². The molecule has 122 valence electrons. The molecule has 1 amide bonds. The van der Waals surface area contributed by atoms with Gasteiger partial charge < -0.3 is 10.0 Å². The minimum atomic E-state index is -0.881. The van der Waals surface area contributed by atoms with Crippen molar-refractivity contribution >= 4 is 17.6 Å². The summed E-state index contributed by atoms with van der Waals surface area (Å²) in [7, 11) is 0. The minimum absolute atomic E-state index is 0.0168. The zero-order valence-electron chi connectivity index (χ0n) is 13.8. The molecule has 0 fully saturated rings. The van der Waals surface area contributed by atoms with E-state index in [1.807, 2.05) is 31.2 Å². The van der Waals surface area contributed by atoms with Gasteiger partial charge in [0.2, 0.25) is 5.91 Å². The van der Waals surface area contributed by atoms with Crippen molar-refractivity contribution in [2.75, 3.05) is 11.4 Å². The van der Waals surface area contributed by atoms with E-state index in [1.165, 1.54) is 5.56 Å². The van der Waals surface area contributed by atoms with Crippen molar-refractivity contribution in [3.63, 3.8) is 0 Å². The Morgan fingerprint density at radius 3 is 2.27 bits per heavy atom. The van der Waals surface area contributed by atoms with Gasteiger partial charge in [-0.3, -0.25) is 9.59 Å². The first-order valence-corrected chi connectivity index (χ1v) is 8.11. The Labute approximate surface area is 133 Å². The van der Waals surface area contributed by atoms with E-state index in [1.54, 1.807) is 11.8 Å². The summed E-state index contributed by atoms with van der Waals surface area (Å²) in [6.07, 6.45) is 4.52. The second-order valence-corrected chi connectivity index (χ2v) is 5.76. The molecule has 0 spiro atoms. The molecule has 1 aromatic carbocycles. The first-order chi connectivity index (χ1) is 10.5. The van der Waals surface area contributed by atoms with Gasteiger partial charge in [-0.25, -0.2) is 0 Å². The van der Waals surface area contributed by atoms with Crippen LogP contribution in [0.1, 0.15) is 52.0 Å². The van der Waals surface area contributed by atoms with Gasteiger partial charge in [0.25, 0.3) is 0 Å². The number of carbonyl (C=O) groups excluding carboxylic acids is 1. The van der Waals surface area contributed by atoms with Crippen molar-refractivity contribution in [2.45, 2.75) is 52.9 Å². The molecule has 0 radical (unpaired) electrons. The predicted molar refractivity (Wildman–Crippen MR) is 89.1 cm³/mol. The second-order valence-electron chi connectivity index (χ2n) is 5.76. The molecule has 0 aliphatic rings. The molecule has 0 saturated carbocycles. The van der Waals surface area contributed by atoms with E-state index < -0.39 is 11.9 Å². The Kier molecular flexibility index (Phi) is 7.64. The Bertz CT molecular complexity index is 482. The Balaban J connectivity index is 2.89. The number of aliphatic carboxylic acids is 1. The summed E-state index contributed by atoms with van der Waals surface area (Å²) in [5.74, 6) is -1.48. The highest BCUT2D eigenvalue weighted by Crippen LogP contribution is 2.19. The van der Waals surface area contributed by atoms with Crippen LogP contribution < -0.4 is 4.90 Å². The van der Waals surface area contributed by atoms with Gasteiger partial charge in [-0.1, -0.05) is 39.3 Å². The summed E-state index contributed by atoms with van der Waals surface area (Å²) >= 11 is 0. The van der Waals surface area contributed by atoms with Gasteiger partial charge >= 0.3 is 5.97 Å². The number of carboxylic acid groups (broad SMARTS) is 1. The quantitative estimate of drug-likeness (QED) is 0.753. The maximum absolute atomic E-state index is 12.3. The van der Waals surface area contributed by atoms with E-state index in [0.29, 0.717) is 6.42 Å². The van der Waals surface area contributed by atoms with Crippen LogP contribution in [0.25, 0.3) is 0 Å². The van der Waals surface area contributed by atoms with E-state index in [-0.39, 0.29) is 12.5 Å². The third kappa shape index (κ3) is 5.51. The lowest BCUT2D eigenvalue weighted by atomic mass is 10.1. The number of nitrogens with zero attached hydrogens (tertiary/aromatic N) is 1. The highest BCUT2D eigenvalue weighted by molar-refractivity contribution is 5.94. The molecule has 1 atom stereocenters. The van der Waals surface area contributed by atoms with Crippen LogP contribution in [0.5, 0.6) is 0 Å². The van der Waals surface area contributed by atoms with Crippen LogP contribution >= 0.6 is 0 Å². The molecule has 0 heterocycles. The molecule has 22 heavy (non-hydrogen) atoms. The predicted octanol–water partition coefficient (Wildman–Crippen LogP) is 3.88. The fourth-order valence-electron chi connectivity index (χ4n) is 2.28. The zero-order valence-corrected chi connectivity index (χ0v) is 13.8. The number of carboxylic acids is 1. The van der Waals surface area contributed by atoms with Crippen LogP contribution in [-0.2, 0) is 16.0 Å². The molecular weight excluding hydrogens is 278 g/mol. The maximum atomic E-state index is 12.3. The number of anilines is 1. The molecule has 0 aliphatic heterocycles. The zero-order chi connectivity index (χ0) is 16.5. The van der Waals surface area contributed by atoms with E-state index in [0.717, 1.165) is 31.4 Å². The Hall–Kier alpha value is -1.84. The molecule has 0 aliphatic carbocycles. The molecule has 1 unspecified atom stereocenters. The summed E-state index contributed by atoms with van der Waals surface area (Å²) < 4.78 is 0. The lowest BCUT2D eigenvalue weighted by Crippen LogP contribution is -2.36. The van der Waals surface area contributed by atoms with Crippen molar-refractivity contribution in [3.05, 3.63) is 29.8 Å². The normalized spacial score (nSPS) is 12.0. The molecule has 4 nitrogen and oxygen atoms in total. The van der Waals surface area contributed by atoms with Crippen LogP contribution in [-0.4, -0.2) is 23.5 Å². The van der Waals surface area contributed by atoms with Crippen molar-refractivity contribution < 1.29 is 14.7 Å². The standard InChI is InChI=1S/C18H27NO3/c1-4-6-8-15-9-11-16(12-10-15)19(17(20)7-5-2)13-14(3)18(21)22/h9-12,14H,4-8,13H2,1-3H3,(H,21,22). The van der Waals surface area contributed by atoms with Crippen molar-refractivity contribution in [1.29, 1.82) is 0 Å². The Morgan fingerprint density at radius 2 is 1.77 bits per heavy atom. The number of amides is 1. The van der Waals surface area contributed by atoms with E-state index >= 15 is 0 Å². The smallest absolute Gasteiger partial charge is 0.308 e. The first-order valence-electron chi connectivity index (χ1n) is 8.11. The molecule has 4 heteroatoms. The molecular formula is C18H27NO3. The molecule has 1 rings (SSSR count). The monoisotopic (exact) mass is 305 g/mol. The first kappa shape index (κ1) is 18.2. The highest BCUT2D eigenvalue weighted by atomic mass is 16.4. The van der Waals surface area contributed by atoms with Gasteiger partial charge in [-0.05, 0) is 37.0 Å². The molecule has 1 N–H and O–H groups in total. The molecule has 0 aromatic heterocycles. The van der Waals surface area contributed by atoms with Gasteiger partial charge in [-0.2, -0.15) is 0 Å². The number of hydrogen-bond acceptors (Lipinski definition) is 2. The van der Waals surface area contributed by atoms with Crippen LogP contribution in [0.15, 0.2) is 24.3 Å². The maximum Gasteiger partial charge on any atom is 0.308 e. The fraction of sp³-hybridized carbons (Fsp3) is 0.556. The summed E-state index contributed by atoms with van der Waals surface area (Å²) in [4.78, 5) is 25.0. The van der Waals surface area contributed by atoms with E-state index in [4.69, 9.17) is 5.11 Å². The summed E-state index contributed by atoms with van der Waals surface area (Å²) in [5.41, 5.74) is 2.03. The van der Waals surface area contributed by atoms with Gasteiger partial charge in [0.05, 0.1) is 5.92 Å². The largest absolute Gasteiger partial charge is 0.481 e. The summed E-state index contributed by atoms with van der Waals surface area (Å²) in [6.45, 7) is 5.95. The number of benzene rings is 1. The van der Waals surface area contributed by atoms with E-state index in [9.17, 15) is 9.59 Å². The van der Waals surface area contributed by atoms with Gasteiger partial charge in [0, 0.05) is 18.7 Å². The SMILES string of the molecule is CCCCc1ccc(N(CC(C)C(=O)O)C(=O)CCC)cc1. The second kappa shape index (κ2) is 9.23. The van der Waals surface area contributed by atoms with Gasteiger partial charge in [0.1, 0.15) is 0 Å². The average Bonchev–Trinajstić information content (AvgIpc) is 2.51. The van der Waals surface area contributed by atoms with Crippen LogP contribution in [0.3, 0.4) is 0 Å². The molecule has 0 bridgehead atoms. The van der Waals surface area contributed by atoms with Crippen molar-refractivity contribution in [1.82, 2.24) is 0 Å². The summed E-state index contributed by atoms with van der Waals surface area (Å²) in [5, 5.41) is 9.09. The number of carbonyl (C=O) groups is 2. The minimum Gasteiger partial charge on any atom is -0.481 e. The van der Waals surface area contributed by atoms with Crippen molar-refractivity contribution in [3.8, 4) is 0 Å². The third-order valence-electron chi connectivity index (χ3n) is 3.71. The number of unbranched alkanes of at least 4 members (excludes halogenated alkanes) is 1. The van der Waals surface area contributed by atoms with Crippen LogP contribution in [0, 0.1) is 5.92 Å². The molecule has 0 saturated heterocycles. The fourth-order valence-corrected chi connectivity index (χ4v) is 2.28. The molecule has 1 aromatic rings. The lowest BCUT2D eigenvalue weighted by molar-refractivity contribution is -0.140. The lowest BCUT2D eigenvalue weighted by Gasteiger charge is -2.25.